The molecule has 2 nitrogen and oxygen atoms in total. The van der Waals surface area contributed by atoms with Crippen LogP contribution in [-0.4, -0.2) is 12.6 Å². The highest BCUT2D eigenvalue weighted by Crippen LogP contribution is 2.28. The van der Waals surface area contributed by atoms with Crippen LogP contribution in [0.5, 0.6) is 5.75 Å². The first-order chi connectivity index (χ1) is 11.8. The number of nitrogens with one attached hydrogen (secondary N) is 1. The van der Waals surface area contributed by atoms with Gasteiger partial charge in [-0.3, -0.25) is 0 Å². The molecular formula is C22H24ClNO. The fourth-order valence-corrected chi connectivity index (χ4v) is 3.57. The Morgan fingerprint density at radius 2 is 1.76 bits per heavy atom. The molecule has 25 heavy (non-hydrogen) atoms. The van der Waals surface area contributed by atoms with E-state index >= 15 is 0 Å². The maximum absolute atomic E-state index is 6.14. The number of rotatable bonds is 4. The van der Waals surface area contributed by atoms with Crippen molar-refractivity contribution in [1.82, 2.24) is 5.32 Å². The van der Waals surface area contributed by atoms with Crippen molar-refractivity contribution in [3.05, 3.63) is 77.9 Å². The van der Waals surface area contributed by atoms with Gasteiger partial charge in [-0.05, 0) is 47.7 Å². The van der Waals surface area contributed by atoms with Crippen LogP contribution in [0.4, 0.5) is 0 Å². The summed E-state index contributed by atoms with van der Waals surface area (Å²) in [5.41, 5.74) is 2.68. The van der Waals surface area contributed by atoms with Crippen LogP contribution in [0.3, 0.4) is 0 Å². The summed E-state index contributed by atoms with van der Waals surface area (Å²) in [5.74, 6) is 1.05. The Bertz CT molecular complexity index is 843. The second kappa shape index (κ2) is 7.90. The first kappa shape index (κ1) is 17.8. The van der Waals surface area contributed by atoms with Crippen molar-refractivity contribution in [2.75, 3.05) is 6.54 Å². The average Bonchev–Trinajstić information content (AvgIpc) is 2.65. The largest absolute Gasteiger partial charge is 0.489 e. The SMILES string of the molecule is CC(NC[C@H]1CCc2ccccc2O1)c1cccc2ccccc12.Cl. The molecule has 3 aromatic carbocycles. The van der Waals surface area contributed by atoms with E-state index in [2.05, 4.69) is 72.9 Å². The van der Waals surface area contributed by atoms with E-state index in [-0.39, 0.29) is 18.5 Å². The molecule has 1 unspecified atom stereocenters. The molecule has 3 aromatic rings. The van der Waals surface area contributed by atoms with Crippen molar-refractivity contribution in [2.45, 2.75) is 31.9 Å². The lowest BCUT2D eigenvalue weighted by atomic mass is 9.99. The van der Waals surface area contributed by atoms with Crippen LogP contribution in [0.1, 0.15) is 30.5 Å². The predicted octanol–water partition coefficient (Wildman–Crippen LogP) is 5.31. The maximum Gasteiger partial charge on any atom is 0.122 e. The highest BCUT2D eigenvalue weighted by Gasteiger charge is 2.20. The van der Waals surface area contributed by atoms with E-state index in [1.165, 1.54) is 21.9 Å². The minimum atomic E-state index is 0. The monoisotopic (exact) mass is 353 g/mol. The molecule has 0 amide bonds. The Labute approximate surface area is 155 Å². The van der Waals surface area contributed by atoms with Crippen molar-refractivity contribution < 1.29 is 4.74 Å². The third-order valence-electron chi connectivity index (χ3n) is 4.94. The Kier molecular flexibility index (Phi) is 5.62. The van der Waals surface area contributed by atoms with Crippen molar-refractivity contribution in [2.24, 2.45) is 0 Å². The molecule has 2 atom stereocenters. The summed E-state index contributed by atoms with van der Waals surface area (Å²) in [4.78, 5) is 0. The van der Waals surface area contributed by atoms with Gasteiger partial charge in [-0.2, -0.15) is 0 Å². The van der Waals surface area contributed by atoms with Gasteiger partial charge in [0.15, 0.2) is 0 Å². The van der Waals surface area contributed by atoms with Crippen LogP contribution in [-0.2, 0) is 6.42 Å². The molecule has 0 aliphatic carbocycles. The Morgan fingerprint density at radius 1 is 1.00 bits per heavy atom. The van der Waals surface area contributed by atoms with Crippen molar-refractivity contribution >= 4 is 23.2 Å². The van der Waals surface area contributed by atoms with E-state index in [0.29, 0.717) is 6.04 Å². The molecule has 1 heterocycles. The van der Waals surface area contributed by atoms with Crippen LogP contribution < -0.4 is 10.1 Å². The number of hydrogen-bond donors (Lipinski definition) is 1. The van der Waals surface area contributed by atoms with Crippen molar-refractivity contribution in [3.8, 4) is 5.75 Å². The van der Waals surface area contributed by atoms with Crippen LogP contribution in [0.2, 0.25) is 0 Å². The molecule has 130 valence electrons. The lowest BCUT2D eigenvalue weighted by Crippen LogP contribution is -2.35. The topological polar surface area (TPSA) is 21.3 Å². The number of ether oxygens (including phenoxy) is 1. The smallest absolute Gasteiger partial charge is 0.122 e. The summed E-state index contributed by atoms with van der Waals surface area (Å²) in [7, 11) is 0. The molecule has 0 saturated carbocycles. The van der Waals surface area contributed by atoms with Crippen LogP contribution >= 0.6 is 12.4 Å². The lowest BCUT2D eigenvalue weighted by molar-refractivity contribution is 0.167. The standard InChI is InChI=1S/C22H23NO.ClH/c1-16(20-11-6-9-17-7-2-4-10-21(17)20)23-15-19-14-13-18-8-3-5-12-22(18)24-19;/h2-12,16,19,23H,13-15H2,1H3;1H/t16?,19-;/m1./s1. The van der Waals surface area contributed by atoms with Gasteiger partial charge in [0.1, 0.15) is 11.9 Å². The Morgan fingerprint density at radius 3 is 2.68 bits per heavy atom. The first-order valence-electron chi connectivity index (χ1n) is 8.77. The molecule has 4 rings (SSSR count). The van der Waals surface area contributed by atoms with Gasteiger partial charge in [-0.25, -0.2) is 0 Å². The lowest BCUT2D eigenvalue weighted by Gasteiger charge is -2.27. The number of halogens is 1. The molecule has 0 spiro atoms. The van der Waals surface area contributed by atoms with E-state index in [9.17, 15) is 0 Å². The van der Waals surface area contributed by atoms with Crippen LogP contribution in [0.15, 0.2) is 66.7 Å². The number of fused-ring (bicyclic) bond motifs is 2. The van der Waals surface area contributed by atoms with Gasteiger partial charge in [0.25, 0.3) is 0 Å². The number of para-hydroxylation sites is 1. The summed E-state index contributed by atoms with van der Waals surface area (Å²) < 4.78 is 6.14. The number of benzene rings is 3. The summed E-state index contributed by atoms with van der Waals surface area (Å²) in [5, 5.41) is 6.29. The van der Waals surface area contributed by atoms with Crippen LogP contribution in [0.25, 0.3) is 10.8 Å². The predicted molar refractivity (Wildman–Crippen MR) is 107 cm³/mol. The van der Waals surface area contributed by atoms with Crippen LogP contribution in [0, 0.1) is 0 Å². The zero-order valence-corrected chi connectivity index (χ0v) is 15.3. The molecule has 1 N–H and O–H groups in total. The molecule has 1 aliphatic heterocycles. The summed E-state index contributed by atoms with van der Waals surface area (Å²) in [6.07, 6.45) is 2.43. The van der Waals surface area contributed by atoms with Gasteiger partial charge >= 0.3 is 0 Å². The summed E-state index contributed by atoms with van der Waals surface area (Å²) in [6, 6.07) is 23.8. The highest BCUT2D eigenvalue weighted by molar-refractivity contribution is 5.86. The summed E-state index contributed by atoms with van der Waals surface area (Å²) >= 11 is 0. The van der Waals surface area contributed by atoms with E-state index in [4.69, 9.17) is 4.74 Å². The Balaban J connectivity index is 0.00000182. The minimum absolute atomic E-state index is 0. The molecule has 3 heteroatoms. The van der Waals surface area contributed by atoms with Gasteiger partial charge in [0.05, 0.1) is 0 Å². The quantitative estimate of drug-likeness (QED) is 0.686. The first-order valence-corrected chi connectivity index (χ1v) is 8.77. The van der Waals surface area contributed by atoms with E-state index in [1.807, 2.05) is 6.07 Å². The Hall–Kier alpha value is -2.03. The fraction of sp³-hybridized carbons (Fsp3) is 0.273. The molecule has 0 radical (unpaired) electrons. The molecule has 0 bridgehead atoms. The van der Waals surface area contributed by atoms with Crippen molar-refractivity contribution in [3.63, 3.8) is 0 Å². The second-order valence-corrected chi connectivity index (χ2v) is 6.58. The molecule has 1 aliphatic rings. The van der Waals surface area contributed by atoms with Gasteiger partial charge < -0.3 is 10.1 Å². The van der Waals surface area contributed by atoms with Gasteiger partial charge in [-0.15, -0.1) is 12.4 Å². The molecular weight excluding hydrogens is 330 g/mol. The molecule has 0 fully saturated rings. The normalized spacial score (nSPS) is 17.2. The van der Waals surface area contributed by atoms with E-state index < -0.39 is 0 Å². The average molecular weight is 354 g/mol. The number of aryl methyl sites for hydroxylation is 1. The fourth-order valence-electron chi connectivity index (χ4n) is 3.57. The maximum atomic E-state index is 6.14. The van der Waals surface area contributed by atoms with E-state index in [0.717, 1.165) is 25.1 Å². The number of hydrogen-bond acceptors (Lipinski definition) is 2. The van der Waals surface area contributed by atoms with Crippen molar-refractivity contribution in [1.29, 1.82) is 0 Å². The minimum Gasteiger partial charge on any atom is -0.489 e. The van der Waals surface area contributed by atoms with Gasteiger partial charge in [-0.1, -0.05) is 60.7 Å². The third-order valence-corrected chi connectivity index (χ3v) is 4.94. The summed E-state index contributed by atoms with van der Waals surface area (Å²) in [6.45, 7) is 3.11. The molecule has 0 aromatic heterocycles. The third kappa shape index (κ3) is 3.81. The zero-order chi connectivity index (χ0) is 16.4. The zero-order valence-electron chi connectivity index (χ0n) is 14.4. The van der Waals surface area contributed by atoms with Gasteiger partial charge in [0.2, 0.25) is 0 Å². The second-order valence-electron chi connectivity index (χ2n) is 6.58. The van der Waals surface area contributed by atoms with Gasteiger partial charge in [0, 0.05) is 12.6 Å². The van der Waals surface area contributed by atoms with E-state index in [1.54, 1.807) is 0 Å². The highest BCUT2D eigenvalue weighted by atomic mass is 35.5. The molecule has 0 saturated heterocycles.